The molecule has 0 radical (unpaired) electrons. The van der Waals surface area contributed by atoms with Gasteiger partial charge >= 0.3 is 17.1 Å². The van der Waals surface area contributed by atoms with E-state index in [9.17, 15) is 0 Å². The molecule has 1 N–H and O–H groups in total. The first-order valence-corrected chi connectivity index (χ1v) is 13.3. The van der Waals surface area contributed by atoms with Gasteiger partial charge < -0.3 is 18.3 Å². The van der Waals surface area contributed by atoms with Gasteiger partial charge in [0.05, 0.1) is 6.10 Å². The van der Waals surface area contributed by atoms with Crippen molar-refractivity contribution >= 4 is 17.1 Å². The lowest BCUT2D eigenvalue weighted by Gasteiger charge is -2.51. The monoisotopic (exact) mass is 359 g/mol. The molecule has 0 aromatic rings. The maximum Gasteiger partial charge on any atom is 0.335 e. The van der Waals surface area contributed by atoms with Crippen LogP contribution in [0.25, 0.3) is 0 Å². The van der Waals surface area contributed by atoms with Gasteiger partial charge in [-0.15, -0.1) is 0 Å². The van der Waals surface area contributed by atoms with Crippen LogP contribution in [-0.4, -0.2) is 42.9 Å². The number of hydrogen-bond donors (Lipinski definition) is 1. The molecule has 136 valence electrons. The van der Waals surface area contributed by atoms with Gasteiger partial charge in [0.15, 0.2) is 0 Å². The van der Waals surface area contributed by atoms with Crippen LogP contribution in [0, 0.1) is 5.92 Å². The Bertz CT molecular complexity index is 385. The van der Waals surface area contributed by atoms with E-state index < -0.39 is 17.1 Å². The van der Waals surface area contributed by atoms with Gasteiger partial charge in [0, 0.05) is 25.6 Å². The predicted molar refractivity (Wildman–Crippen MR) is 100 cm³/mol. The summed E-state index contributed by atoms with van der Waals surface area (Å²) < 4.78 is 20.7. The van der Waals surface area contributed by atoms with E-state index in [1.807, 2.05) is 0 Å². The van der Waals surface area contributed by atoms with Gasteiger partial charge in [-0.1, -0.05) is 55.4 Å². The summed E-state index contributed by atoms with van der Waals surface area (Å²) in [5.74, 6) is 0.465. The Hall–Kier alpha value is 0.274. The number of rotatable bonds is 4. The summed E-state index contributed by atoms with van der Waals surface area (Å²) in [6.45, 7) is 21.0. The van der Waals surface area contributed by atoms with Gasteiger partial charge in [-0.25, -0.2) is 0 Å². The van der Waals surface area contributed by atoms with Crippen LogP contribution in [-0.2, 0) is 13.0 Å². The van der Waals surface area contributed by atoms with E-state index in [-0.39, 0.29) is 6.10 Å². The molecule has 4 nitrogen and oxygen atoms in total. The maximum absolute atomic E-state index is 7.13. The predicted octanol–water partition coefficient (Wildman–Crippen LogP) is 4.16. The van der Waals surface area contributed by atoms with Crippen molar-refractivity contribution in [3.8, 4) is 0 Å². The minimum Gasteiger partial charge on any atom is -0.414 e. The molecule has 0 aliphatic carbocycles. The summed E-state index contributed by atoms with van der Waals surface area (Å²) in [5.41, 5.74) is 1.72. The summed E-state index contributed by atoms with van der Waals surface area (Å²) in [6.07, 6.45) is 0.248. The second-order valence-corrected chi connectivity index (χ2v) is 17.4. The molecule has 2 rings (SSSR count). The second kappa shape index (κ2) is 7.26. The van der Waals surface area contributed by atoms with Gasteiger partial charge in [-0.2, -0.15) is 0 Å². The number of nitrogens with one attached hydrogen (secondary N) is 1. The molecule has 6 heteroatoms. The van der Waals surface area contributed by atoms with Crippen molar-refractivity contribution < 1.29 is 13.0 Å². The van der Waals surface area contributed by atoms with Crippen LogP contribution in [0.15, 0.2) is 0 Å². The van der Waals surface area contributed by atoms with Gasteiger partial charge in [0.25, 0.3) is 0 Å². The molecule has 2 saturated heterocycles. The fourth-order valence-electron chi connectivity index (χ4n) is 4.20. The van der Waals surface area contributed by atoms with Crippen LogP contribution in [0.3, 0.4) is 0 Å². The first-order chi connectivity index (χ1) is 10.7. The highest BCUT2D eigenvalue weighted by Crippen LogP contribution is 2.46. The van der Waals surface area contributed by atoms with Crippen LogP contribution < -0.4 is 5.32 Å². The lowest BCUT2D eigenvalue weighted by atomic mass is 10.1. The highest BCUT2D eigenvalue weighted by atomic mass is 28.5. The van der Waals surface area contributed by atoms with E-state index in [4.69, 9.17) is 13.0 Å². The van der Waals surface area contributed by atoms with E-state index in [1.54, 1.807) is 0 Å². The molecule has 0 aromatic heterocycles. The molecule has 0 spiro atoms. The Morgan fingerprint density at radius 3 is 1.78 bits per heavy atom. The Morgan fingerprint density at radius 1 is 0.783 bits per heavy atom. The van der Waals surface area contributed by atoms with E-state index >= 15 is 0 Å². The van der Waals surface area contributed by atoms with Crippen molar-refractivity contribution in [1.82, 2.24) is 5.32 Å². The minimum atomic E-state index is -2.37. The maximum atomic E-state index is 7.13. The molecule has 2 aliphatic heterocycles. The van der Waals surface area contributed by atoms with Crippen molar-refractivity contribution in [2.45, 2.75) is 83.7 Å². The molecular formula is C17H37NO3Si2. The van der Waals surface area contributed by atoms with Crippen LogP contribution in [0.1, 0.15) is 55.4 Å². The molecule has 23 heavy (non-hydrogen) atoms. The van der Waals surface area contributed by atoms with Crippen molar-refractivity contribution in [3.05, 3.63) is 0 Å². The summed E-state index contributed by atoms with van der Waals surface area (Å²) in [5, 5.41) is 3.50. The van der Waals surface area contributed by atoms with E-state index in [2.05, 4.69) is 60.7 Å². The molecule has 0 saturated carbocycles. The van der Waals surface area contributed by atoms with E-state index in [1.165, 1.54) is 0 Å². The topological polar surface area (TPSA) is 39.7 Å². The minimum absolute atomic E-state index is 0.248. The smallest absolute Gasteiger partial charge is 0.335 e. The lowest BCUT2D eigenvalue weighted by Crippen LogP contribution is -2.64. The molecule has 2 fully saturated rings. The fraction of sp³-hybridized carbons (Fsp3) is 1.00. The van der Waals surface area contributed by atoms with Crippen LogP contribution in [0.2, 0.25) is 22.2 Å². The Kier molecular flexibility index (Phi) is 6.18. The van der Waals surface area contributed by atoms with E-state index in [0.717, 1.165) is 19.7 Å². The largest absolute Gasteiger partial charge is 0.414 e. The van der Waals surface area contributed by atoms with Gasteiger partial charge in [0.1, 0.15) is 0 Å². The third kappa shape index (κ3) is 3.48. The highest BCUT2D eigenvalue weighted by Gasteiger charge is 2.59. The molecule has 0 unspecified atom stereocenters. The molecule has 2 heterocycles. The van der Waals surface area contributed by atoms with Crippen LogP contribution in [0.5, 0.6) is 0 Å². The van der Waals surface area contributed by atoms with Gasteiger partial charge in [-0.3, -0.25) is 0 Å². The van der Waals surface area contributed by atoms with Crippen LogP contribution in [0.4, 0.5) is 0 Å². The van der Waals surface area contributed by atoms with Gasteiger partial charge in [0.2, 0.25) is 0 Å². The molecule has 2 atom stereocenters. The molecule has 0 aromatic carbocycles. The fourth-order valence-corrected chi connectivity index (χ4v) is 15.5. The summed E-state index contributed by atoms with van der Waals surface area (Å²) in [7, 11) is -4.70. The van der Waals surface area contributed by atoms with Crippen molar-refractivity contribution in [3.63, 3.8) is 0 Å². The normalized spacial score (nSPS) is 30.8. The SMILES string of the molecule is CC(C)[Si]1(C(C)C)OC[C@H]2CNC[C@@H]2O[Si](C(C)C)(C(C)C)O1. The summed E-state index contributed by atoms with van der Waals surface area (Å²) in [4.78, 5) is 0. The Balaban J connectivity index is 2.48. The first-order valence-electron chi connectivity index (χ1n) is 9.38. The molecule has 0 bridgehead atoms. The number of hydrogen-bond acceptors (Lipinski definition) is 4. The Labute approximate surface area is 145 Å². The molecular weight excluding hydrogens is 322 g/mol. The van der Waals surface area contributed by atoms with Gasteiger partial charge in [-0.05, 0) is 22.2 Å². The summed E-state index contributed by atoms with van der Waals surface area (Å²) in [6, 6.07) is 0. The van der Waals surface area contributed by atoms with Crippen molar-refractivity contribution in [1.29, 1.82) is 0 Å². The molecule has 0 amide bonds. The zero-order valence-corrected chi connectivity index (χ0v) is 18.3. The van der Waals surface area contributed by atoms with Crippen LogP contribution >= 0.6 is 0 Å². The third-order valence-corrected chi connectivity index (χ3v) is 16.0. The first kappa shape index (κ1) is 19.6. The van der Waals surface area contributed by atoms with E-state index in [0.29, 0.717) is 28.1 Å². The van der Waals surface area contributed by atoms with Crippen molar-refractivity contribution in [2.75, 3.05) is 19.7 Å². The third-order valence-electron chi connectivity index (χ3n) is 5.67. The average Bonchev–Trinajstić information content (AvgIpc) is 2.84. The van der Waals surface area contributed by atoms with Crippen molar-refractivity contribution in [2.24, 2.45) is 5.92 Å². The average molecular weight is 360 g/mol. The Morgan fingerprint density at radius 2 is 1.30 bits per heavy atom. The lowest BCUT2D eigenvalue weighted by molar-refractivity contribution is 0.0456. The summed E-state index contributed by atoms with van der Waals surface area (Å²) >= 11 is 0. The zero-order chi connectivity index (χ0) is 17.4. The zero-order valence-electron chi connectivity index (χ0n) is 16.3. The quantitative estimate of drug-likeness (QED) is 0.765. The standard InChI is InChI=1S/C17H37NO3Si2/c1-12(2)22(13(3)4)19-11-16-9-18-10-17(16)20-23(21-22,14(5)6)15(7)8/h12-18H,9-11H2,1-8H3/t16-,17+/m1/s1. The molecule has 2 aliphatic rings. The second-order valence-electron chi connectivity index (χ2n) is 8.55. The highest BCUT2D eigenvalue weighted by molar-refractivity contribution is 6.83. The number of fused-ring (bicyclic) bond motifs is 1.